The van der Waals surface area contributed by atoms with E-state index in [1.807, 2.05) is 67.3 Å². The molecule has 2 N–H and O–H groups in total. The number of rotatable bonds is 8. The number of anilines is 2. The van der Waals surface area contributed by atoms with Crippen LogP contribution in [-0.4, -0.2) is 86.7 Å². The summed E-state index contributed by atoms with van der Waals surface area (Å²) in [5, 5.41) is 4.60. The Hall–Kier alpha value is -4.03. The van der Waals surface area contributed by atoms with Gasteiger partial charge in [-0.1, -0.05) is 6.07 Å². The van der Waals surface area contributed by atoms with Gasteiger partial charge >= 0.3 is 0 Å². The summed E-state index contributed by atoms with van der Waals surface area (Å²) >= 11 is 0. The summed E-state index contributed by atoms with van der Waals surface area (Å²) < 4.78 is 7.54. The highest BCUT2D eigenvalue weighted by molar-refractivity contribution is 6.00. The summed E-state index contributed by atoms with van der Waals surface area (Å²) in [4.78, 5) is 42.9. The van der Waals surface area contributed by atoms with Crippen LogP contribution in [0, 0.1) is 16.7 Å². The molecule has 2 amide bonds. The standard InChI is InChI=1S/C37H47N9O3/c1-24(2)49-30-7-4-25(17-38-30)32-28-16-27(5-6-29(28)40-41-32)46-15-11-35(34(46)48)10-14-44(22-35)18-31(47)45-12-8-26(9-13-45)36-19-37(20-36,21-36)33-39-23-43(3)42-33/h4-7,16-17,23-24,26,32,40-41H,8-15,18-22H2,1-3H3/t32?,35-,36?,37?/m0/s1. The molecule has 2 atom stereocenters. The Bertz CT molecular complexity index is 1760. The first-order chi connectivity index (χ1) is 23.6. The van der Waals surface area contributed by atoms with Crippen LogP contribution < -0.4 is 20.5 Å². The van der Waals surface area contributed by atoms with Crippen molar-refractivity contribution >= 4 is 23.2 Å². The topological polar surface area (TPSA) is 121 Å². The zero-order chi connectivity index (χ0) is 33.5. The Morgan fingerprint density at radius 1 is 1.02 bits per heavy atom. The molecular weight excluding hydrogens is 618 g/mol. The van der Waals surface area contributed by atoms with Crippen molar-refractivity contribution in [3.05, 3.63) is 59.8 Å². The average molecular weight is 666 g/mol. The lowest BCUT2D eigenvalue weighted by molar-refractivity contribution is -0.195. The van der Waals surface area contributed by atoms with Gasteiger partial charge in [0.15, 0.2) is 5.82 Å². The molecule has 1 spiro atoms. The Kier molecular flexibility index (Phi) is 7.11. The molecule has 1 aromatic carbocycles. The van der Waals surface area contributed by atoms with Crippen LogP contribution in [0.2, 0.25) is 0 Å². The van der Waals surface area contributed by atoms with Crippen molar-refractivity contribution < 1.29 is 14.3 Å². The van der Waals surface area contributed by atoms with Gasteiger partial charge in [-0.25, -0.2) is 15.4 Å². The third kappa shape index (κ3) is 5.04. The number of aryl methyl sites for hydroxylation is 1. The van der Waals surface area contributed by atoms with Crippen molar-refractivity contribution in [2.24, 2.45) is 23.8 Å². The number of piperidine rings is 1. The number of amides is 2. The summed E-state index contributed by atoms with van der Waals surface area (Å²) in [6.45, 7) is 8.22. The predicted molar refractivity (Wildman–Crippen MR) is 184 cm³/mol. The van der Waals surface area contributed by atoms with Gasteiger partial charge < -0.3 is 20.0 Å². The first-order valence-electron chi connectivity index (χ1n) is 18.1. The Labute approximate surface area is 287 Å². The molecule has 49 heavy (non-hydrogen) atoms. The number of nitrogens with zero attached hydrogens (tertiary/aromatic N) is 7. The van der Waals surface area contributed by atoms with Crippen LogP contribution in [0.3, 0.4) is 0 Å². The van der Waals surface area contributed by atoms with Crippen LogP contribution in [0.25, 0.3) is 0 Å². The van der Waals surface area contributed by atoms with Gasteiger partial charge in [0.25, 0.3) is 0 Å². The van der Waals surface area contributed by atoms with Gasteiger partial charge in [-0.15, -0.1) is 0 Å². The SMILES string of the molecule is CC(C)Oc1ccc(C2NNc3ccc(N4CC[C@]5(CCN(CC(=O)N6CCC(C78CC(c9ncn(C)n9)(C7)C8)CC6)C5)C4=O)cc32)cn1. The summed E-state index contributed by atoms with van der Waals surface area (Å²) in [5.74, 6) is 2.74. The molecule has 2 aromatic heterocycles. The van der Waals surface area contributed by atoms with E-state index in [1.165, 1.54) is 19.3 Å². The summed E-state index contributed by atoms with van der Waals surface area (Å²) in [6.07, 6.45) is 11.2. The molecule has 12 nitrogen and oxygen atoms in total. The van der Waals surface area contributed by atoms with Crippen LogP contribution >= 0.6 is 0 Å². The Morgan fingerprint density at radius 3 is 2.53 bits per heavy atom. The maximum atomic E-state index is 14.1. The second-order valence-corrected chi connectivity index (χ2v) is 16.1. The number of nitrogens with one attached hydrogen (secondary N) is 2. The maximum absolute atomic E-state index is 14.1. The molecule has 0 radical (unpaired) electrons. The molecular formula is C37H47N9O3. The number of likely N-dealkylation sites (tertiary alicyclic amines) is 2. The lowest BCUT2D eigenvalue weighted by Gasteiger charge is -2.73. The van der Waals surface area contributed by atoms with Gasteiger partial charge in [-0.05, 0) is 100 Å². The summed E-state index contributed by atoms with van der Waals surface area (Å²) in [6, 6.07) is 10.1. The second-order valence-electron chi connectivity index (χ2n) is 16.1. The normalized spacial score (nSPS) is 30.9. The first kappa shape index (κ1) is 31.0. The molecule has 3 saturated heterocycles. The molecule has 7 aliphatic rings. The lowest BCUT2D eigenvalue weighted by Crippen LogP contribution is -2.68. The van der Waals surface area contributed by atoms with E-state index in [9.17, 15) is 9.59 Å². The Balaban J connectivity index is 0.790. The molecule has 12 heteroatoms. The van der Waals surface area contributed by atoms with Gasteiger partial charge in [0.1, 0.15) is 6.33 Å². The molecule has 6 heterocycles. The largest absolute Gasteiger partial charge is 0.475 e. The number of hydrazine groups is 1. The lowest BCUT2D eigenvalue weighted by atomic mass is 9.31. The third-order valence-corrected chi connectivity index (χ3v) is 12.6. The fourth-order valence-corrected chi connectivity index (χ4v) is 10.1. The van der Waals surface area contributed by atoms with Gasteiger partial charge in [0.05, 0.1) is 29.8 Å². The van der Waals surface area contributed by atoms with Crippen molar-refractivity contribution in [2.75, 3.05) is 49.6 Å². The molecule has 4 aliphatic heterocycles. The number of carbonyl (C=O) groups excluding carboxylic acids is 2. The minimum atomic E-state index is -0.416. The first-order valence-corrected chi connectivity index (χ1v) is 18.1. The quantitative estimate of drug-likeness (QED) is 0.370. The van der Waals surface area contributed by atoms with Gasteiger partial charge in [0.2, 0.25) is 17.7 Å². The number of carbonyl (C=O) groups is 2. The maximum Gasteiger partial charge on any atom is 0.236 e. The highest BCUT2D eigenvalue weighted by Gasteiger charge is 2.72. The molecule has 3 aliphatic carbocycles. The van der Waals surface area contributed by atoms with Gasteiger partial charge in [0, 0.05) is 62.2 Å². The molecule has 3 aromatic rings. The van der Waals surface area contributed by atoms with Crippen LogP contribution in [0.5, 0.6) is 5.88 Å². The van der Waals surface area contributed by atoms with E-state index in [1.54, 1.807) is 0 Å². The highest BCUT2D eigenvalue weighted by atomic mass is 16.5. The van der Waals surface area contributed by atoms with Crippen molar-refractivity contribution in [2.45, 2.75) is 76.4 Å². The van der Waals surface area contributed by atoms with Crippen LogP contribution in [0.1, 0.15) is 81.8 Å². The Morgan fingerprint density at radius 2 is 1.82 bits per heavy atom. The number of fused-ring (bicyclic) bond motifs is 1. The average Bonchev–Trinajstić information content (AvgIpc) is 3.84. The molecule has 3 saturated carbocycles. The number of aromatic nitrogens is 4. The summed E-state index contributed by atoms with van der Waals surface area (Å²) in [7, 11) is 1.94. The molecule has 1 unspecified atom stereocenters. The second kappa shape index (κ2) is 11.2. The fraction of sp³-hybridized carbons (Fsp3) is 0.595. The minimum Gasteiger partial charge on any atom is -0.475 e. The smallest absolute Gasteiger partial charge is 0.236 e. The molecule has 10 rings (SSSR count). The van der Waals surface area contributed by atoms with Crippen molar-refractivity contribution in [1.29, 1.82) is 0 Å². The minimum absolute atomic E-state index is 0.0669. The van der Waals surface area contributed by atoms with Gasteiger partial charge in [-0.2, -0.15) is 5.10 Å². The molecule has 258 valence electrons. The third-order valence-electron chi connectivity index (χ3n) is 12.6. The predicted octanol–water partition coefficient (Wildman–Crippen LogP) is 3.81. The monoisotopic (exact) mass is 665 g/mol. The fourth-order valence-electron chi connectivity index (χ4n) is 10.1. The van der Waals surface area contributed by atoms with Crippen molar-refractivity contribution in [3.8, 4) is 5.88 Å². The van der Waals surface area contributed by atoms with E-state index in [-0.39, 0.29) is 29.4 Å². The summed E-state index contributed by atoms with van der Waals surface area (Å²) in [5.41, 5.74) is 11.0. The van der Waals surface area contributed by atoms with Crippen LogP contribution in [0.15, 0.2) is 42.9 Å². The zero-order valence-corrected chi connectivity index (χ0v) is 28.8. The van der Waals surface area contributed by atoms with E-state index in [2.05, 4.69) is 41.8 Å². The number of benzene rings is 1. The number of hydrogen-bond acceptors (Lipinski definition) is 9. The highest BCUT2D eigenvalue weighted by Crippen LogP contribution is 2.76. The van der Waals surface area contributed by atoms with Gasteiger partial charge in [-0.3, -0.25) is 19.2 Å². The van der Waals surface area contributed by atoms with Crippen molar-refractivity contribution in [3.63, 3.8) is 0 Å². The van der Waals surface area contributed by atoms with E-state index in [0.29, 0.717) is 36.8 Å². The molecule has 2 bridgehead atoms. The van der Waals surface area contributed by atoms with Crippen LogP contribution in [-0.2, 0) is 22.1 Å². The van der Waals surface area contributed by atoms with E-state index >= 15 is 0 Å². The number of ether oxygens (including phenoxy) is 1. The van der Waals surface area contributed by atoms with E-state index in [4.69, 9.17) is 4.74 Å². The number of pyridine rings is 1. The molecule has 6 fully saturated rings. The van der Waals surface area contributed by atoms with Crippen molar-refractivity contribution in [1.82, 2.24) is 35.0 Å². The van der Waals surface area contributed by atoms with E-state index < -0.39 is 5.41 Å². The zero-order valence-electron chi connectivity index (χ0n) is 28.8. The van der Waals surface area contributed by atoms with E-state index in [0.717, 1.165) is 73.6 Å². The van der Waals surface area contributed by atoms with Crippen LogP contribution in [0.4, 0.5) is 11.4 Å². The number of hydrogen-bond donors (Lipinski definition) is 2.